The van der Waals surface area contributed by atoms with Gasteiger partial charge in [-0.3, -0.25) is 4.79 Å². The number of fused-ring (bicyclic) bond motifs is 3. The van der Waals surface area contributed by atoms with Crippen LogP contribution in [-0.4, -0.2) is 75.1 Å². The van der Waals surface area contributed by atoms with E-state index in [0.717, 1.165) is 55.8 Å². The van der Waals surface area contributed by atoms with Crippen LogP contribution in [0.4, 0.5) is 0 Å². The van der Waals surface area contributed by atoms with Gasteiger partial charge in [0, 0.05) is 12.1 Å². The Morgan fingerprint density at radius 2 is 1.40 bits per heavy atom. The highest BCUT2D eigenvalue weighted by Gasteiger charge is 2.39. The van der Waals surface area contributed by atoms with E-state index in [9.17, 15) is 9.59 Å². The topological polar surface area (TPSA) is 117 Å². The number of oxime groups is 1. The molecule has 0 aliphatic carbocycles. The SMILES string of the molecule is COc1ccc(COc2ccc(C(=NOCC(=O)OC(C)(C)C)C(=O)NCC34CCN(CC3)CC4)c(Cl)c2OCc2ccc(OC)cc2)cc1. The van der Waals surface area contributed by atoms with Crippen molar-refractivity contribution in [3.8, 4) is 23.0 Å². The third-order valence-electron chi connectivity index (χ3n) is 8.88. The number of rotatable bonds is 15. The van der Waals surface area contributed by atoms with Crippen molar-refractivity contribution in [3.05, 3.63) is 82.4 Å². The Morgan fingerprint density at radius 3 is 1.94 bits per heavy atom. The van der Waals surface area contributed by atoms with E-state index >= 15 is 0 Å². The lowest BCUT2D eigenvalue weighted by Gasteiger charge is -2.48. The zero-order valence-electron chi connectivity index (χ0n) is 29.4. The van der Waals surface area contributed by atoms with Gasteiger partial charge in [-0.25, -0.2) is 4.79 Å². The highest BCUT2D eigenvalue weighted by atomic mass is 35.5. The van der Waals surface area contributed by atoms with Crippen LogP contribution in [0.3, 0.4) is 0 Å². The largest absolute Gasteiger partial charge is 0.497 e. The first-order valence-corrected chi connectivity index (χ1v) is 17.1. The molecular weight excluding hydrogens is 662 g/mol. The van der Waals surface area contributed by atoms with E-state index in [1.54, 1.807) is 47.1 Å². The molecule has 2 bridgehead atoms. The fourth-order valence-corrected chi connectivity index (χ4v) is 6.28. The molecular formula is C38H46ClN3O8. The summed E-state index contributed by atoms with van der Waals surface area (Å²) < 4.78 is 28.4. The van der Waals surface area contributed by atoms with Gasteiger partial charge in [-0.1, -0.05) is 41.0 Å². The van der Waals surface area contributed by atoms with E-state index in [4.69, 9.17) is 40.1 Å². The Hall–Kier alpha value is -4.48. The molecule has 0 aromatic heterocycles. The number of nitrogens with zero attached hydrogens (tertiary/aromatic N) is 2. The van der Waals surface area contributed by atoms with Crippen molar-refractivity contribution in [1.29, 1.82) is 0 Å². The van der Waals surface area contributed by atoms with Gasteiger partial charge in [-0.15, -0.1) is 0 Å². The fraction of sp³-hybridized carbons (Fsp3) is 0.447. The van der Waals surface area contributed by atoms with Gasteiger partial charge in [0.2, 0.25) is 6.61 Å². The molecule has 1 N–H and O–H groups in total. The lowest BCUT2D eigenvalue weighted by atomic mass is 9.72. The van der Waals surface area contributed by atoms with Crippen molar-refractivity contribution in [2.45, 2.75) is 58.8 Å². The molecule has 12 heteroatoms. The van der Waals surface area contributed by atoms with Crippen molar-refractivity contribution in [1.82, 2.24) is 10.2 Å². The number of hydrogen-bond acceptors (Lipinski definition) is 10. The molecule has 0 unspecified atom stereocenters. The minimum Gasteiger partial charge on any atom is -0.497 e. The summed E-state index contributed by atoms with van der Waals surface area (Å²) >= 11 is 7.07. The lowest BCUT2D eigenvalue weighted by Crippen LogP contribution is -2.53. The highest BCUT2D eigenvalue weighted by molar-refractivity contribution is 6.49. The number of benzene rings is 3. The highest BCUT2D eigenvalue weighted by Crippen LogP contribution is 2.41. The third-order valence-corrected chi connectivity index (χ3v) is 9.26. The number of carbonyl (C=O) groups excluding carboxylic acids is 2. The molecule has 3 aromatic carbocycles. The number of ether oxygens (including phenoxy) is 5. The van der Waals surface area contributed by atoms with Gasteiger partial charge >= 0.3 is 5.97 Å². The van der Waals surface area contributed by atoms with Crippen molar-refractivity contribution < 1.29 is 38.1 Å². The summed E-state index contributed by atoms with van der Waals surface area (Å²) in [6, 6.07) is 18.3. The minimum absolute atomic E-state index is 0.0302. The number of nitrogens with one attached hydrogen (secondary N) is 1. The van der Waals surface area contributed by atoms with E-state index in [1.807, 2.05) is 48.5 Å². The summed E-state index contributed by atoms with van der Waals surface area (Å²) in [7, 11) is 3.22. The van der Waals surface area contributed by atoms with Crippen molar-refractivity contribution in [2.75, 3.05) is 47.0 Å². The summed E-state index contributed by atoms with van der Waals surface area (Å²) in [5.74, 6) is 0.938. The molecule has 50 heavy (non-hydrogen) atoms. The van der Waals surface area contributed by atoms with Gasteiger partial charge in [-0.2, -0.15) is 0 Å². The smallest absolute Gasteiger partial charge is 0.347 e. The fourth-order valence-electron chi connectivity index (χ4n) is 5.98. The Labute approximate surface area is 298 Å². The predicted octanol–water partition coefficient (Wildman–Crippen LogP) is 6.18. The van der Waals surface area contributed by atoms with Gasteiger partial charge in [0.15, 0.2) is 17.2 Å². The number of amides is 1. The standard InChI is InChI=1S/C38H46ClN3O8/c1-37(2,3)50-32(43)24-49-41-34(36(44)40-25-38-16-19-42(20-17-38)21-18-38)30-14-15-31(47-22-26-6-10-28(45-4)11-7-26)35(33(30)39)48-23-27-8-12-29(46-5)13-9-27/h6-15H,16-25H2,1-5H3,(H,40,44). The van der Waals surface area contributed by atoms with Crippen LogP contribution in [0, 0.1) is 5.41 Å². The maximum absolute atomic E-state index is 13.9. The van der Waals surface area contributed by atoms with E-state index in [1.165, 1.54) is 0 Å². The summed E-state index contributed by atoms with van der Waals surface area (Å²) in [5.41, 5.74) is 1.24. The van der Waals surface area contributed by atoms with Crippen LogP contribution in [0.25, 0.3) is 0 Å². The van der Waals surface area contributed by atoms with E-state index in [0.29, 0.717) is 18.0 Å². The summed E-state index contributed by atoms with van der Waals surface area (Å²) in [5, 5.41) is 7.35. The maximum Gasteiger partial charge on any atom is 0.347 e. The first-order valence-electron chi connectivity index (χ1n) is 16.7. The first-order chi connectivity index (χ1) is 24.0. The molecule has 3 aliphatic heterocycles. The minimum atomic E-state index is -0.708. The third kappa shape index (κ3) is 9.82. The maximum atomic E-state index is 13.9. The second-order valence-corrected chi connectivity index (χ2v) is 14.0. The number of carbonyl (C=O) groups is 2. The van der Waals surface area contributed by atoms with E-state index in [-0.39, 0.29) is 40.7 Å². The number of piperidine rings is 3. The predicted molar refractivity (Wildman–Crippen MR) is 190 cm³/mol. The molecule has 6 rings (SSSR count). The molecule has 3 aliphatic rings. The molecule has 1 amide bonds. The van der Waals surface area contributed by atoms with Gasteiger partial charge in [0.05, 0.1) is 19.2 Å². The summed E-state index contributed by atoms with van der Waals surface area (Å²) in [6.45, 7) is 8.71. The second kappa shape index (κ2) is 16.5. The molecule has 3 heterocycles. The van der Waals surface area contributed by atoms with Gasteiger partial charge in [0.25, 0.3) is 5.91 Å². The first kappa shape index (κ1) is 36.8. The van der Waals surface area contributed by atoms with Gasteiger partial charge in [0.1, 0.15) is 30.3 Å². The Kier molecular flexibility index (Phi) is 12.1. The molecule has 3 aromatic rings. The van der Waals surface area contributed by atoms with Crippen LogP contribution >= 0.6 is 11.6 Å². The van der Waals surface area contributed by atoms with Crippen LogP contribution in [-0.2, 0) is 32.4 Å². The van der Waals surface area contributed by atoms with Crippen LogP contribution in [0.15, 0.2) is 65.8 Å². The van der Waals surface area contributed by atoms with Gasteiger partial charge in [-0.05, 0) is 113 Å². The van der Waals surface area contributed by atoms with Crippen LogP contribution in [0.2, 0.25) is 5.02 Å². The molecule has 0 atom stereocenters. The van der Waals surface area contributed by atoms with Crippen molar-refractivity contribution in [2.24, 2.45) is 10.6 Å². The zero-order chi connectivity index (χ0) is 35.7. The van der Waals surface area contributed by atoms with Crippen LogP contribution in [0.1, 0.15) is 56.7 Å². The number of halogens is 1. The second-order valence-electron chi connectivity index (χ2n) is 13.6. The molecule has 0 spiro atoms. The Morgan fingerprint density at radius 1 is 0.840 bits per heavy atom. The van der Waals surface area contributed by atoms with Gasteiger partial charge < -0.3 is 38.7 Å². The quantitative estimate of drug-likeness (QED) is 0.112. The molecule has 3 fully saturated rings. The van der Waals surface area contributed by atoms with Crippen molar-refractivity contribution in [3.63, 3.8) is 0 Å². The summed E-state index contributed by atoms with van der Waals surface area (Å²) in [6.07, 6.45) is 3.04. The van der Waals surface area contributed by atoms with Crippen LogP contribution in [0.5, 0.6) is 23.0 Å². The van der Waals surface area contributed by atoms with E-state index < -0.39 is 24.1 Å². The Balaban J connectivity index is 1.43. The average molecular weight is 708 g/mol. The summed E-state index contributed by atoms with van der Waals surface area (Å²) in [4.78, 5) is 34.2. The molecule has 0 saturated carbocycles. The number of esters is 1. The number of hydrogen-bond donors (Lipinski definition) is 1. The monoisotopic (exact) mass is 707 g/mol. The molecule has 3 saturated heterocycles. The number of methoxy groups -OCH3 is 2. The lowest BCUT2D eigenvalue weighted by molar-refractivity contribution is -0.160. The van der Waals surface area contributed by atoms with E-state index in [2.05, 4.69) is 15.4 Å². The Bertz CT molecular complexity index is 1630. The normalized spacial score (nSPS) is 18.6. The molecule has 268 valence electrons. The van der Waals surface area contributed by atoms with Crippen LogP contribution < -0.4 is 24.3 Å². The average Bonchev–Trinajstić information content (AvgIpc) is 3.12. The van der Waals surface area contributed by atoms with Crippen molar-refractivity contribution >= 4 is 29.2 Å². The molecule has 0 radical (unpaired) electrons. The zero-order valence-corrected chi connectivity index (χ0v) is 30.1. The molecule has 11 nitrogen and oxygen atoms in total.